The first-order valence-electron chi connectivity index (χ1n) is 6.62. The second-order valence-corrected chi connectivity index (χ2v) is 5.76. The fraction of sp³-hybridized carbons (Fsp3) is 0.286. The predicted octanol–water partition coefficient (Wildman–Crippen LogP) is 3.06. The number of hydrogen-bond acceptors (Lipinski definition) is 6. The summed E-state index contributed by atoms with van der Waals surface area (Å²) < 4.78 is 11.0. The number of anilines is 2. The summed E-state index contributed by atoms with van der Waals surface area (Å²) in [4.78, 5) is 15.6. The van der Waals surface area contributed by atoms with Crippen molar-refractivity contribution >= 4 is 28.2 Å². The number of ether oxygens (including phenoxy) is 2. The molecule has 0 aliphatic heterocycles. The van der Waals surface area contributed by atoms with Crippen LogP contribution in [0.5, 0.6) is 16.6 Å². The summed E-state index contributed by atoms with van der Waals surface area (Å²) in [6.07, 6.45) is 1.54. The van der Waals surface area contributed by atoms with Gasteiger partial charge in [-0.25, -0.2) is 9.78 Å². The van der Waals surface area contributed by atoms with Crippen molar-refractivity contribution < 1.29 is 14.3 Å². The van der Waals surface area contributed by atoms with Crippen molar-refractivity contribution in [2.24, 2.45) is 0 Å². The molecule has 0 saturated heterocycles. The van der Waals surface area contributed by atoms with Gasteiger partial charge in [0, 0.05) is 17.8 Å². The number of carbonyl (C=O) groups is 1. The molecule has 0 spiro atoms. The summed E-state index contributed by atoms with van der Waals surface area (Å²) in [5.41, 5.74) is 6.17. The van der Waals surface area contributed by atoms with Crippen LogP contribution in [-0.2, 0) is 0 Å². The smallest absolute Gasteiger partial charge is 0.319 e. The van der Waals surface area contributed by atoms with Gasteiger partial charge in [-0.05, 0) is 26.0 Å². The van der Waals surface area contributed by atoms with Crippen LogP contribution in [0.4, 0.5) is 15.6 Å². The number of carbonyl (C=O) groups excluding carboxylic acids is 1. The Bertz CT molecular complexity index is 657. The third kappa shape index (κ3) is 4.26. The number of benzene rings is 1. The number of hydrogen-bond donors (Lipinski definition) is 3. The minimum atomic E-state index is -0.277. The molecule has 0 unspecified atom stereocenters. The normalized spacial score (nSPS) is 10.4. The summed E-state index contributed by atoms with van der Waals surface area (Å²) >= 11 is 1.23. The third-order valence-corrected chi connectivity index (χ3v) is 3.26. The fourth-order valence-electron chi connectivity index (χ4n) is 1.69. The van der Waals surface area contributed by atoms with E-state index < -0.39 is 0 Å². The summed E-state index contributed by atoms with van der Waals surface area (Å²) in [6, 6.07) is 4.89. The van der Waals surface area contributed by atoms with Gasteiger partial charge in [0.25, 0.3) is 0 Å². The summed E-state index contributed by atoms with van der Waals surface area (Å²) in [7, 11) is 1.53. The number of nitrogens with zero attached hydrogens (tertiary/aromatic N) is 1. The van der Waals surface area contributed by atoms with Crippen LogP contribution in [0.15, 0.2) is 24.4 Å². The molecule has 2 rings (SSSR count). The zero-order valence-corrected chi connectivity index (χ0v) is 13.4. The average molecular weight is 322 g/mol. The Hall–Kier alpha value is -2.48. The summed E-state index contributed by atoms with van der Waals surface area (Å²) in [5, 5.41) is 6.46. The quantitative estimate of drug-likeness (QED) is 0.786. The fourth-order valence-corrected chi connectivity index (χ4v) is 2.24. The molecule has 22 heavy (non-hydrogen) atoms. The number of methoxy groups -OCH3 is 1. The molecule has 1 heterocycles. The van der Waals surface area contributed by atoms with E-state index >= 15 is 0 Å². The van der Waals surface area contributed by atoms with Gasteiger partial charge in [-0.15, -0.1) is 0 Å². The molecule has 8 heteroatoms. The number of amides is 2. The van der Waals surface area contributed by atoms with E-state index in [4.69, 9.17) is 15.2 Å². The maximum absolute atomic E-state index is 11.7. The number of nitrogen functional groups attached to an aromatic ring is 1. The van der Waals surface area contributed by atoms with Gasteiger partial charge in [0.1, 0.15) is 0 Å². The number of nitrogens with two attached hydrogens (primary N) is 1. The minimum Gasteiger partial charge on any atom is -0.493 e. The lowest BCUT2D eigenvalue weighted by molar-refractivity contribution is 0.250. The van der Waals surface area contributed by atoms with E-state index in [-0.39, 0.29) is 12.1 Å². The van der Waals surface area contributed by atoms with Crippen LogP contribution in [-0.4, -0.2) is 24.2 Å². The van der Waals surface area contributed by atoms with Crippen molar-refractivity contribution in [2.45, 2.75) is 19.9 Å². The van der Waals surface area contributed by atoms with Crippen LogP contribution in [0.25, 0.3) is 0 Å². The van der Waals surface area contributed by atoms with E-state index in [2.05, 4.69) is 15.6 Å². The van der Waals surface area contributed by atoms with Gasteiger partial charge in [-0.3, -0.25) is 0 Å². The number of nitrogens with one attached hydrogen (secondary N) is 2. The Morgan fingerprint density at radius 2 is 2.14 bits per heavy atom. The summed E-state index contributed by atoms with van der Waals surface area (Å²) in [6.45, 7) is 3.77. The maximum atomic E-state index is 11.7. The van der Waals surface area contributed by atoms with Crippen molar-refractivity contribution in [3.8, 4) is 16.6 Å². The highest BCUT2D eigenvalue weighted by atomic mass is 32.1. The van der Waals surface area contributed by atoms with E-state index in [1.54, 1.807) is 24.4 Å². The van der Waals surface area contributed by atoms with Crippen molar-refractivity contribution in [1.82, 2.24) is 10.3 Å². The molecule has 0 bridgehead atoms. The molecule has 0 fully saturated rings. The van der Waals surface area contributed by atoms with Gasteiger partial charge in [-0.1, -0.05) is 11.3 Å². The molecule has 7 nitrogen and oxygen atoms in total. The topological polar surface area (TPSA) is 98.5 Å². The zero-order valence-electron chi connectivity index (χ0n) is 12.5. The number of thiazole rings is 1. The van der Waals surface area contributed by atoms with E-state index in [1.165, 1.54) is 18.4 Å². The third-order valence-electron chi connectivity index (χ3n) is 2.55. The molecule has 118 valence electrons. The first-order chi connectivity index (χ1) is 10.5. The SMILES string of the molecule is COc1cc(NC(=O)NC(C)C)ccc1Oc1cnc(N)s1. The lowest BCUT2D eigenvalue weighted by atomic mass is 10.2. The number of aromatic nitrogens is 1. The molecule has 0 aliphatic rings. The van der Waals surface area contributed by atoms with Crippen molar-refractivity contribution in [1.29, 1.82) is 0 Å². The van der Waals surface area contributed by atoms with Crippen LogP contribution in [0, 0.1) is 0 Å². The largest absolute Gasteiger partial charge is 0.493 e. The van der Waals surface area contributed by atoms with Gasteiger partial charge in [0.2, 0.25) is 5.06 Å². The second kappa shape index (κ2) is 6.99. The van der Waals surface area contributed by atoms with Gasteiger partial charge in [0.15, 0.2) is 16.6 Å². The van der Waals surface area contributed by atoms with E-state index in [1.807, 2.05) is 13.8 Å². The molecular formula is C14H18N4O3S. The summed E-state index contributed by atoms with van der Waals surface area (Å²) in [5.74, 6) is 1.01. The number of rotatable bonds is 5. The minimum absolute atomic E-state index is 0.0567. The lowest BCUT2D eigenvalue weighted by Crippen LogP contribution is -2.34. The molecule has 0 radical (unpaired) electrons. The first-order valence-corrected chi connectivity index (χ1v) is 7.44. The Morgan fingerprint density at radius 1 is 1.36 bits per heavy atom. The second-order valence-electron chi connectivity index (χ2n) is 4.74. The maximum Gasteiger partial charge on any atom is 0.319 e. The highest BCUT2D eigenvalue weighted by Crippen LogP contribution is 2.36. The van der Waals surface area contributed by atoms with Crippen molar-refractivity contribution in [3.05, 3.63) is 24.4 Å². The van der Waals surface area contributed by atoms with Crippen LogP contribution in [0.3, 0.4) is 0 Å². The first kappa shape index (κ1) is 15.9. The van der Waals surface area contributed by atoms with Gasteiger partial charge >= 0.3 is 6.03 Å². The molecule has 0 saturated carbocycles. The van der Waals surface area contributed by atoms with Gasteiger partial charge < -0.3 is 25.8 Å². The molecule has 0 aliphatic carbocycles. The zero-order chi connectivity index (χ0) is 16.1. The van der Waals surface area contributed by atoms with Crippen molar-refractivity contribution in [2.75, 3.05) is 18.2 Å². The monoisotopic (exact) mass is 322 g/mol. The highest BCUT2D eigenvalue weighted by Gasteiger charge is 2.10. The highest BCUT2D eigenvalue weighted by molar-refractivity contribution is 7.17. The van der Waals surface area contributed by atoms with Crippen LogP contribution >= 0.6 is 11.3 Å². The Labute approximate surface area is 132 Å². The molecule has 1 aromatic heterocycles. The Kier molecular flexibility index (Phi) is 5.05. The Morgan fingerprint density at radius 3 is 2.73 bits per heavy atom. The van der Waals surface area contributed by atoms with Crippen LogP contribution < -0.4 is 25.8 Å². The number of urea groups is 1. The van der Waals surface area contributed by atoms with E-state index in [9.17, 15) is 4.79 Å². The van der Waals surface area contributed by atoms with E-state index in [0.717, 1.165) is 0 Å². The van der Waals surface area contributed by atoms with Crippen LogP contribution in [0.1, 0.15) is 13.8 Å². The predicted molar refractivity (Wildman–Crippen MR) is 86.9 cm³/mol. The molecule has 0 atom stereocenters. The molecule has 4 N–H and O–H groups in total. The van der Waals surface area contributed by atoms with E-state index in [0.29, 0.717) is 27.4 Å². The molecular weight excluding hydrogens is 304 g/mol. The standard InChI is InChI=1S/C14H18N4O3S/c1-8(2)17-14(19)18-9-4-5-10(11(6-9)20-3)21-12-7-16-13(15)22-12/h4-8H,1-3H3,(H2,15,16)(H2,17,18,19). The Balaban J connectivity index is 2.11. The average Bonchev–Trinajstić information content (AvgIpc) is 2.85. The van der Waals surface area contributed by atoms with Crippen LogP contribution in [0.2, 0.25) is 0 Å². The van der Waals surface area contributed by atoms with Gasteiger partial charge in [-0.2, -0.15) is 0 Å². The molecule has 2 aromatic rings. The van der Waals surface area contributed by atoms with Gasteiger partial charge in [0.05, 0.1) is 13.3 Å². The van der Waals surface area contributed by atoms with Crippen molar-refractivity contribution in [3.63, 3.8) is 0 Å². The lowest BCUT2D eigenvalue weighted by Gasteiger charge is -2.13. The molecule has 1 aromatic carbocycles. The molecule has 2 amide bonds.